The van der Waals surface area contributed by atoms with Crippen molar-refractivity contribution in [2.24, 2.45) is 0 Å². The van der Waals surface area contributed by atoms with Gasteiger partial charge in [-0.1, -0.05) is 147 Å². The summed E-state index contributed by atoms with van der Waals surface area (Å²) in [7, 11) is 0. The predicted molar refractivity (Wildman–Crippen MR) is 251 cm³/mol. The lowest BCUT2D eigenvalue weighted by molar-refractivity contribution is 0.659. The van der Waals surface area contributed by atoms with Crippen LogP contribution in [0.2, 0.25) is 0 Å². The third kappa shape index (κ3) is 4.60. The van der Waals surface area contributed by atoms with Crippen molar-refractivity contribution < 1.29 is 0 Å². The minimum Gasteiger partial charge on any atom is -0.333 e. The lowest BCUT2D eigenvalue weighted by atomic mass is 9.82. The minimum absolute atomic E-state index is 0.0489. The van der Waals surface area contributed by atoms with Gasteiger partial charge in [0.1, 0.15) is 0 Å². The fourth-order valence-electron chi connectivity index (χ4n) is 11.1. The molecule has 0 fully saturated rings. The summed E-state index contributed by atoms with van der Waals surface area (Å²) in [5, 5.41) is 5.04. The summed E-state index contributed by atoms with van der Waals surface area (Å²) in [5.41, 5.74) is 19.1. The van der Waals surface area contributed by atoms with Gasteiger partial charge in [-0.15, -0.1) is 0 Å². The molecule has 0 radical (unpaired) electrons. The summed E-state index contributed by atoms with van der Waals surface area (Å²) in [6, 6.07) is 67.7. The van der Waals surface area contributed by atoms with Crippen LogP contribution >= 0.6 is 0 Å². The van der Waals surface area contributed by atoms with Gasteiger partial charge in [-0.2, -0.15) is 0 Å². The summed E-state index contributed by atoms with van der Waals surface area (Å²) in [6.45, 7) is 4.74. The molecule has 1 aliphatic heterocycles. The quantitative estimate of drug-likeness (QED) is 0.174. The molecule has 0 saturated carbocycles. The molecule has 3 heteroatoms. The van der Waals surface area contributed by atoms with E-state index in [0.29, 0.717) is 0 Å². The molecule has 3 nitrogen and oxygen atoms in total. The topological polar surface area (TPSA) is 13.1 Å². The summed E-state index contributed by atoms with van der Waals surface area (Å²) in [6.07, 6.45) is 7.33. The maximum Gasteiger partial charge on any atom is 0.0630 e. The van der Waals surface area contributed by atoms with Gasteiger partial charge >= 0.3 is 0 Å². The summed E-state index contributed by atoms with van der Waals surface area (Å²) in [5.74, 6) is 0.236. The maximum absolute atomic E-state index is 2.58. The molecule has 2 aromatic heterocycles. The Kier molecular flexibility index (Phi) is 6.90. The van der Waals surface area contributed by atoms with Crippen molar-refractivity contribution in [1.82, 2.24) is 9.13 Å². The summed E-state index contributed by atoms with van der Waals surface area (Å²) >= 11 is 0. The number of rotatable bonds is 4. The molecule has 13 rings (SSSR count). The second kappa shape index (κ2) is 12.3. The fraction of sp³-hybridized carbons (Fsp3) is 0.0877. The van der Waals surface area contributed by atoms with Crippen molar-refractivity contribution in [1.29, 1.82) is 0 Å². The van der Waals surface area contributed by atoms with Crippen LogP contribution in [-0.2, 0) is 5.41 Å². The molecule has 2 aliphatic carbocycles. The fourth-order valence-corrected chi connectivity index (χ4v) is 11.1. The zero-order valence-electron chi connectivity index (χ0n) is 33.5. The Morgan fingerprint density at radius 3 is 1.95 bits per heavy atom. The van der Waals surface area contributed by atoms with E-state index >= 15 is 0 Å². The molecule has 284 valence electrons. The molecule has 0 N–H and O–H groups in total. The molecule has 3 aliphatic rings. The number of hydrogen-bond acceptors (Lipinski definition) is 1. The average molecular weight is 768 g/mol. The van der Waals surface area contributed by atoms with Gasteiger partial charge in [-0.25, -0.2) is 0 Å². The Morgan fingerprint density at radius 1 is 0.450 bits per heavy atom. The largest absolute Gasteiger partial charge is 0.333 e. The standard InChI is InChI=1S/C57H41N3/c1-57(2)49-20-10-6-16-41(49)42-28-26-39(34-50(42)57)59-52-22-12-8-18-44(52)47-32-36(24-30-54(47)59)37-25-31-55-48(33-37)45-19-9-13-23-53(45)60(55)40-27-29-46-43-17-7-11-21-51(43)58(56(46)35-40)38-14-4-3-5-15-38/h3-35,47,54H,1-2H3. The highest BCUT2D eigenvalue weighted by molar-refractivity contribution is 6.12. The zero-order valence-corrected chi connectivity index (χ0v) is 33.5. The number of hydrogen-bond donors (Lipinski definition) is 0. The molecular weight excluding hydrogens is 727 g/mol. The van der Waals surface area contributed by atoms with Crippen molar-refractivity contribution in [2.75, 3.05) is 4.90 Å². The number of para-hydroxylation sites is 4. The number of fused-ring (bicyclic) bond motifs is 12. The first-order chi connectivity index (χ1) is 29.5. The summed E-state index contributed by atoms with van der Waals surface area (Å²) in [4.78, 5) is 2.58. The molecule has 0 spiro atoms. The third-order valence-electron chi connectivity index (χ3n) is 13.8. The van der Waals surface area contributed by atoms with Gasteiger partial charge in [0.15, 0.2) is 0 Å². The van der Waals surface area contributed by atoms with Gasteiger partial charge in [0.05, 0.1) is 28.1 Å². The normalized spacial score (nSPS) is 17.3. The highest BCUT2D eigenvalue weighted by atomic mass is 15.2. The van der Waals surface area contributed by atoms with Crippen LogP contribution in [-0.4, -0.2) is 15.2 Å². The number of anilines is 2. The van der Waals surface area contributed by atoms with E-state index < -0.39 is 0 Å². The second-order valence-corrected chi connectivity index (χ2v) is 17.3. The van der Waals surface area contributed by atoms with E-state index in [1.807, 2.05) is 0 Å². The Bertz CT molecular complexity index is 3480. The molecule has 0 saturated heterocycles. The number of aromatic nitrogens is 2. The highest BCUT2D eigenvalue weighted by Crippen LogP contribution is 2.53. The Hall–Kier alpha value is -7.36. The summed E-state index contributed by atoms with van der Waals surface area (Å²) < 4.78 is 4.85. The monoisotopic (exact) mass is 767 g/mol. The van der Waals surface area contributed by atoms with Crippen molar-refractivity contribution in [2.45, 2.75) is 31.2 Å². The number of benzene rings is 8. The van der Waals surface area contributed by atoms with Crippen LogP contribution in [0.1, 0.15) is 42.0 Å². The molecule has 60 heavy (non-hydrogen) atoms. The van der Waals surface area contributed by atoms with Crippen LogP contribution in [0, 0.1) is 0 Å². The third-order valence-corrected chi connectivity index (χ3v) is 13.8. The Labute approximate surface area is 349 Å². The molecule has 3 heterocycles. The first-order valence-corrected chi connectivity index (χ1v) is 21.2. The zero-order chi connectivity index (χ0) is 39.7. The van der Waals surface area contributed by atoms with Crippen molar-refractivity contribution in [3.05, 3.63) is 222 Å². The minimum atomic E-state index is -0.0489. The van der Waals surface area contributed by atoms with Crippen LogP contribution in [0.5, 0.6) is 0 Å². The number of allylic oxidation sites excluding steroid dienone is 2. The van der Waals surface area contributed by atoms with Crippen LogP contribution in [0.15, 0.2) is 200 Å². The average Bonchev–Trinajstić information content (AvgIpc) is 3.99. The molecule has 2 atom stereocenters. The van der Waals surface area contributed by atoms with Crippen LogP contribution in [0.3, 0.4) is 0 Å². The van der Waals surface area contributed by atoms with Crippen molar-refractivity contribution in [3.63, 3.8) is 0 Å². The van der Waals surface area contributed by atoms with Gasteiger partial charge in [-0.3, -0.25) is 0 Å². The lowest BCUT2D eigenvalue weighted by Gasteiger charge is -2.31. The Balaban J connectivity index is 0.912. The molecule has 2 unspecified atom stereocenters. The predicted octanol–water partition coefficient (Wildman–Crippen LogP) is 14.4. The van der Waals surface area contributed by atoms with E-state index in [2.05, 4.69) is 228 Å². The van der Waals surface area contributed by atoms with Crippen molar-refractivity contribution in [3.8, 4) is 22.5 Å². The van der Waals surface area contributed by atoms with Crippen LogP contribution in [0.25, 0.3) is 71.7 Å². The second-order valence-electron chi connectivity index (χ2n) is 17.3. The molecule has 10 aromatic rings. The van der Waals surface area contributed by atoms with E-state index in [-0.39, 0.29) is 17.4 Å². The molecular formula is C57H41N3. The van der Waals surface area contributed by atoms with Gasteiger partial charge in [0.25, 0.3) is 0 Å². The van der Waals surface area contributed by atoms with E-state index in [0.717, 1.165) is 5.69 Å². The van der Waals surface area contributed by atoms with E-state index in [9.17, 15) is 0 Å². The number of nitrogens with zero attached hydrogens (tertiary/aromatic N) is 3. The van der Waals surface area contributed by atoms with Gasteiger partial charge in [-0.05, 0) is 106 Å². The first kappa shape index (κ1) is 33.6. The lowest BCUT2D eigenvalue weighted by Crippen LogP contribution is -2.29. The smallest absolute Gasteiger partial charge is 0.0630 e. The SMILES string of the molecule is CC1(C)c2ccccc2-c2ccc(N3c4ccccc4C4C=C(c5ccc6c(c5)c5ccccc5n6-c5ccc6c7ccccc7n(-c7ccccc7)c6c5)C=CC43)cc21. The first-order valence-electron chi connectivity index (χ1n) is 21.2. The van der Waals surface area contributed by atoms with Crippen LogP contribution in [0.4, 0.5) is 11.4 Å². The van der Waals surface area contributed by atoms with Crippen molar-refractivity contribution >= 4 is 60.6 Å². The van der Waals surface area contributed by atoms with Gasteiger partial charge < -0.3 is 14.0 Å². The van der Waals surface area contributed by atoms with Gasteiger partial charge in [0.2, 0.25) is 0 Å². The molecule has 0 amide bonds. The molecule has 8 aromatic carbocycles. The van der Waals surface area contributed by atoms with Crippen LogP contribution < -0.4 is 4.90 Å². The molecule has 0 bridgehead atoms. The highest BCUT2D eigenvalue weighted by Gasteiger charge is 2.40. The maximum atomic E-state index is 2.58. The van der Waals surface area contributed by atoms with E-state index in [1.54, 1.807) is 0 Å². The Morgan fingerprint density at radius 2 is 1.10 bits per heavy atom. The van der Waals surface area contributed by atoms with Gasteiger partial charge in [0, 0.05) is 55.6 Å². The van der Waals surface area contributed by atoms with E-state index in [4.69, 9.17) is 0 Å². The van der Waals surface area contributed by atoms with E-state index in [1.165, 1.54) is 99.6 Å².